The van der Waals surface area contributed by atoms with Crippen LogP contribution in [0.2, 0.25) is 0 Å². The number of aryl methyl sites for hydroxylation is 1. The Labute approximate surface area is 165 Å². The van der Waals surface area contributed by atoms with Gasteiger partial charge in [0.25, 0.3) is 5.91 Å². The van der Waals surface area contributed by atoms with Crippen molar-refractivity contribution >= 4 is 5.91 Å². The summed E-state index contributed by atoms with van der Waals surface area (Å²) >= 11 is 0. The highest BCUT2D eigenvalue weighted by Gasteiger charge is 2.30. The van der Waals surface area contributed by atoms with Gasteiger partial charge in [-0.15, -0.1) is 0 Å². The van der Waals surface area contributed by atoms with Crippen molar-refractivity contribution in [1.29, 1.82) is 0 Å². The molecule has 2 aliphatic heterocycles. The zero-order valence-electron chi connectivity index (χ0n) is 17.1. The van der Waals surface area contributed by atoms with Crippen LogP contribution in [0.25, 0.3) is 0 Å². The number of likely N-dealkylation sites (tertiary alicyclic amines) is 1. The fourth-order valence-corrected chi connectivity index (χ4v) is 4.13. The van der Waals surface area contributed by atoms with Gasteiger partial charge in [-0.2, -0.15) is 10.1 Å². The van der Waals surface area contributed by atoms with Crippen molar-refractivity contribution in [2.45, 2.75) is 58.5 Å². The molecule has 0 aromatic carbocycles. The van der Waals surface area contributed by atoms with E-state index in [1.54, 1.807) is 0 Å². The van der Waals surface area contributed by atoms with Gasteiger partial charge in [-0.05, 0) is 38.3 Å². The van der Waals surface area contributed by atoms with Gasteiger partial charge in [0, 0.05) is 39.1 Å². The lowest BCUT2D eigenvalue weighted by atomic mass is 9.97. The van der Waals surface area contributed by atoms with Crippen LogP contribution in [-0.2, 0) is 19.5 Å². The molecule has 2 aromatic heterocycles. The Morgan fingerprint density at radius 1 is 1.29 bits per heavy atom. The Morgan fingerprint density at radius 3 is 2.96 bits per heavy atom. The number of piperidine rings is 1. The first-order valence-corrected chi connectivity index (χ1v) is 10.4. The fourth-order valence-electron chi connectivity index (χ4n) is 4.13. The van der Waals surface area contributed by atoms with E-state index < -0.39 is 0 Å². The summed E-state index contributed by atoms with van der Waals surface area (Å²) in [6, 6.07) is 1.96. The van der Waals surface area contributed by atoms with Gasteiger partial charge in [-0.3, -0.25) is 9.48 Å². The average Bonchev–Trinajstić information content (AvgIpc) is 3.24. The van der Waals surface area contributed by atoms with E-state index in [0.717, 1.165) is 63.4 Å². The molecular weight excluding hydrogens is 356 g/mol. The van der Waals surface area contributed by atoms with Gasteiger partial charge in [-0.25, -0.2) is 0 Å². The summed E-state index contributed by atoms with van der Waals surface area (Å²) < 4.78 is 7.50. The predicted molar refractivity (Wildman–Crippen MR) is 104 cm³/mol. The molecule has 0 bridgehead atoms. The molecular formula is C20H30N6O2. The van der Waals surface area contributed by atoms with Gasteiger partial charge in [0.05, 0.1) is 11.6 Å². The van der Waals surface area contributed by atoms with Gasteiger partial charge in [0.15, 0.2) is 11.5 Å². The monoisotopic (exact) mass is 386 g/mol. The number of carbonyl (C=O) groups excluding carboxylic acids is 1. The third-order valence-corrected chi connectivity index (χ3v) is 5.56. The summed E-state index contributed by atoms with van der Waals surface area (Å²) in [6.07, 6.45) is 3.78. The maximum absolute atomic E-state index is 13.1. The Morgan fingerprint density at radius 2 is 2.14 bits per heavy atom. The minimum absolute atomic E-state index is 0.00912. The number of hydrogen-bond donors (Lipinski definition) is 0. The van der Waals surface area contributed by atoms with Crippen LogP contribution in [0.15, 0.2) is 10.6 Å². The molecule has 4 heterocycles. The van der Waals surface area contributed by atoms with Crippen LogP contribution in [0, 0.1) is 5.92 Å². The Hall–Kier alpha value is -2.22. The lowest BCUT2D eigenvalue weighted by Crippen LogP contribution is -2.39. The molecule has 1 fully saturated rings. The number of fused-ring (bicyclic) bond motifs is 1. The number of nitrogens with zero attached hydrogens (tertiary/aromatic N) is 6. The molecule has 2 aliphatic rings. The first kappa shape index (κ1) is 19.1. The van der Waals surface area contributed by atoms with Gasteiger partial charge < -0.3 is 14.3 Å². The van der Waals surface area contributed by atoms with Crippen LogP contribution in [0.4, 0.5) is 0 Å². The van der Waals surface area contributed by atoms with Crippen molar-refractivity contribution in [2.24, 2.45) is 5.92 Å². The molecule has 0 saturated carbocycles. The van der Waals surface area contributed by atoms with Crippen molar-refractivity contribution in [3.8, 4) is 0 Å². The highest BCUT2D eigenvalue weighted by Crippen LogP contribution is 2.27. The summed E-state index contributed by atoms with van der Waals surface area (Å²) in [7, 11) is 2.11. The normalized spacial score (nSPS) is 21.0. The van der Waals surface area contributed by atoms with E-state index in [2.05, 4.69) is 41.0 Å². The molecule has 0 aliphatic carbocycles. The van der Waals surface area contributed by atoms with Crippen LogP contribution < -0.4 is 0 Å². The topological polar surface area (TPSA) is 80.3 Å². The maximum atomic E-state index is 13.1. The van der Waals surface area contributed by atoms with Gasteiger partial charge in [0.1, 0.15) is 0 Å². The smallest absolute Gasteiger partial charge is 0.274 e. The van der Waals surface area contributed by atoms with E-state index in [0.29, 0.717) is 24.0 Å². The van der Waals surface area contributed by atoms with Crippen LogP contribution >= 0.6 is 0 Å². The molecule has 0 spiro atoms. The molecule has 0 N–H and O–H groups in total. The van der Waals surface area contributed by atoms with Crippen molar-refractivity contribution in [2.75, 3.05) is 26.7 Å². The van der Waals surface area contributed by atoms with Crippen molar-refractivity contribution in [1.82, 2.24) is 29.7 Å². The number of aromatic nitrogens is 4. The van der Waals surface area contributed by atoms with Crippen LogP contribution in [0.5, 0.6) is 0 Å². The van der Waals surface area contributed by atoms with E-state index in [9.17, 15) is 4.79 Å². The second kappa shape index (κ2) is 8.03. The van der Waals surface area contributed by atoms with Crippen LogP contribution in [-0.4, -0.2) is 62.3 Å². The summed E-state index contributed by atoms with van der Waals surface area (Å²) in [5.74, 6) is 2.03. The summed E-state index contributed by atoms with van der Waals surface area (Å²) in [5.41, 5.74) is 1.67. The van der Waals surface area contributed by atoms with E-state index in [1.165, 1.54) is 0 Å². The van der Waals surface area contributed by atoms with Crippen molar-refractivity contribution in [3.63, 3.8) is 0 Å². The Kier molecular flexibility index (Phi) is 5.48. The van der Waals surface area contributed by atoms with E-state index in [1.807, 2.05) is 15.6 Å². The third-order valence-electron chi connectivity index (χ3n) is 5.56. The van der Waals surface area contributed by atoms with E-state index in [-0.39, 0.29) is 11.8 Å². The highest BCUT2D eigenvalue weighted by molar-refractivity contribution is 5.92. The first-order valence-electron chi connectivity index (χ1n) is 10.4. The minimum atomic E-state index is 0.00912. The number of amides is 1. The fraction of sp³-hybridized carbons (Fsp3) is 0.700. The molecule has 28 heavy (non-hydrogen) atoms. The Bertz CT molecular complexity index is 827. The second-order valence-corrected chi connectivity index (χ2v) is 8.57. The predicted octanol–water partition coefficient (Wildman–Crippen LogP) is 2.32. The largest absolute Gasteiger partial charge is 0.339 e. The van der Waals surface area contributed by atoms with E-state index in [4.69, 9.17) is 4.52 Å². The Balaban J connectivity index is 1.45. The second-order valence-electron chi connectivity index (χ2n) is 8.57. The zero-order valence-corrected chi connectivity index (χ0v) is 17.1. The standard InChI is InChI=1S/C20H30N6O2/c1-14(2)10-18-21-19(28-23-18)15-6-4-8-25(12-15)20(27)17-11-16-13-24(3)7-5-9-26(16)22-17/h11,14-15H,4-10,12-13H2,1-3H3/t15-/m0/s1. The number of hydrogen-bond acceptors (Lipinski definition) is 6. The SMILES string of the molecule is CC(C)Cc1noc([C@H]2CCCN(C(=O)c3cc4n(n3)CCCN(C)C4)C2)n1. The number of carbonyl (C=O) groups is 1. The molecule has 1 saturated heterocycles. The maximum Gasteiger partial charge on any atom is 0.274 e. The molecule has 8 nitrogen and oxygen atoms in total. The van der Waals surface area contributed by atoms with Crippen molar-refractivity contribution in [3.05, 3.63) is 29.2 Å². The molecule has 1 atom stereocenters. The van der Waals surface area contributed by atoms with Gasteiger partial charge in [-0.1, -0.05) is 19.0 Å². The van der Waals surface area contributed by atoms with Gasteiger partial charge in [0.2, 0.25) is 5.89 Å². The molecule has 4 rings (SSSR count). The van der Waals surface area contributed by atoms with Crippen molar-refractivity contribution < 1.29 is 9.32 Å². The number of rotatable bonds is 4. The molecule has 0 radical (unpaired) electrons. The third kappa shape index (κ3) is 4.11. The lowest BCUT2D eigenvalue weighted by molar-refractivity contribution is 0.0688. The summed E-state index contributed by atoms with van der Waals surface area (Å²) in [6.45, 7) is 8.42. The quantitative estimate of drug-likeness (QED) is 0.802. The molecule has 0 unspecified atom stereocenters. The minimum Gasteiger partial charge on any atom is -0.339 e. The molecule has 152 valence electrons. The highest BCUT2D eigenvalue weighted by atomic mass is 16.5. The molecule has 1 amide bonds. The molecule has 2 aromatic rings. The summed E-state index contributed by atoms with van der Waals surface area (Å²) in [4.78, 5) is 21.8. The van der Waals surface area contributed by atoms with E-state index >= 15 is 0 Å². The average molecular weight is 387 g/mol. The van der Waals surface area contributed by atoms with Crippen LogP contribution in [0.3, 0.4) is 0 Å². The lowest BCUT2D eigenvalue weighted by Gasteiger charge is -2.30. The zero-order chi connectivity index (χ0) is 19.7. The first-order chi connectivity index (χ1) is 13.5. The van der Waals surface area contributed by atoms with Crippen LogP contribution in [0.1, 0.15) is 66.9 Å². The summed E-state index contributed by atoms with van der Waals surface area (Å²) in [5, 5.41) is 8.71. The van der Waals surface area contributed by atoms with Gasteiger partial charge >= 0.3 is 0 Å². The molecule has 8 heteroatoms.